The summed E-state index contributed by atoms with van der Waals surface area (Å²) >= 11 is 1.78. The quantitative estimate of drug-likeness (QED) is 0.803. The molecule has 0 fully saturated rings. The number of imidazole rings is 1. The van der Waals surface area contributed by atoms with E-state index in [1.165, 1.54) is 15.4 Å². The number of hydrogen-bond acceptors (Lipinski definition) is 3. The topological polar surface area (TPSA) is 30.2 Å². The van der Waals surface area contributed by atoms with E-state index in [9.17, 15) is 0 Å². The first-order valence-corrected chi connectivity index (χ1v) is 6.52. The van der Waals surface area contributed by atoms with Crippen molar-refractivity contribution in [3.8, 4) is 0 Å². The van der Waals surface area contributed by atoms with Crippen LogP contribution in [-0.2, 0) is 7.05 Å². The highest BCUT2D eigenvalue weighted by Gasteiger charge is 2.21. The van der Waals surface area contributed by atoms with Gasteiger partial charge >= 0.3 is 0 Å². The maximum atomic E-state index is 4.38. The van der Waals surface area contributed by atoms with Gasteiger partial charge in [-0.3, -0.25) is 4.99 Å². The average molecular weight is 247 g/mol. The lowest BCUT2D eigenvalue weighted by Gasteiger charge is -2.03. The molecule has 0 radical (unpaired) electrons. The number of aryl methyl sites for hydroxylation is 1. The maximum absolute atomic E-state index is 4.38. The Morgan fingerprint density at radius 2 is 2.29 bits per heavy atom. The molecule has 0 N–H and O–H groups in total. The van der Waals surface area contributed by atoms with Crippen molar-refractivity contribution in [2.45, 2.75) is 20.3 Å². The molecular formula is C13H17N3S. The van der Waals surface area contributed by atoms with Gasteiger partial charge in [-0.25, -0.2) is 4.98 Å². The lowest BCUT2D eigenvalue weighted by Crippen LogP contribution is -1.93. The molecule has 0 saturated heterocycles. The van der Waals surface area contributed by atoms with E-state index < -0.39 is 0 Å². The molecule has 0 bridgehead atoms. The Morgan fingerprint density at radius 3 is 2.82 bits per heavy atom. The van der Waals surface area contributed by atoms with E-state index >= 15 is 0 Å². The molecule has 0 amide bonds. The van der Waals surface area contributed by atoms with Gasteiger partial charge in [0.2, 0.25) is 0 Å². The van der Waals surface area contributed by atoms with Gasteiger partial charge in [-0.1, -0.05) is 24.3 Å². The summed E-state index contributed by atoms with van der Waals surface area (Å²) in [6, 6.07) is 0. The molecule has 1 aromatic heterocycles. The van der Waals surface area contributed by atoms with Crippen LogP contribution < -0.4 is 0 Å². The highest BCUT2D eigenvalue weighted by Crippen LogP contribution is 2.41. The van der Waals surface area contributed by atoms with E-state index in [0.29, 0.717) is 0 Å². The van der Waals surface area contributed by atoms with Gasteiger partial charge in [-0.15, -0.1) is 0 Å². The van der Waals surface area contributed by atoms with Crippen molar-refractivity contribution in [3.05, 3.63) is 34.8 Å². The van der Waals surface area contributed by atoms with Gasteiger partial charge in [-0.2, -0.15) is 0 Å². The molecule has 3 nitrogen and oxygen atoms in total. The summed E-state index contributed by atoms with van der Waals surface area (Å²) in [6.07, 6.45) is 7.05. The number of aliphatic imine (C=N–C) groups is 1. The van der Waals surface area contributed by atoms with Gasteiger partial charge in [0.25, 0.3) is 0 Å². The Kier molecular flexibility index (Phi) is 3.52. The van der Waals surface area contributed by atoms with E-state index in [4.69, 9.17) is 0 Å². The first kappa shape index (κ1) is 12.2. The summed E-state index contributed by atoms with van der Waals surface area (Å²) in [7, 11) is 3.83. The predicted octanol–water partition coefficient (Wildman–Crippen LogP) is 3.26. The van der Waals surface area contributed by atoms with Gasteiger partial charge in [0, 0.05) is 30.1 Å². The molecule has 90 valence electrons. The summed E-state index contributed by atoms with van der Waals surface area (Å²) in [5.41, 5.74) is 3.49. The molecule has 0 atom stereocenters. The molecule has 0 saturated carbocycles. The minimum absolute atomic E-state index is 1.03. The van der Waals surface area contributed by atoms with Crippen molar-refractivity contribution in [2.24, 2.45) is 12.0 Å². The van der Waals surface area contributed by atoms with Crippen LogP contribution in [0.3, 0.4) is 0 Å². The van der Waals surface area contributed by atoms with Crippen LogP contribution in [0.25, 0.3) is 4.91 Å². The molecule has 4 heteroatoms. The third-order valence-corrected chi connectivity index (χ3v) is 4.14. The first-order chi connectivity index (χ1) is 8.15. The molecule has 0 aliphatic carbocycles. The van der Waals surface area contributed by atoms with Crippen molar-refractivity contribution < 1.29 is 0 Å². The highest BCUT2D eigenvalue weighted by atomic mass is 32.2. The number of aromatic nitrogens is 2. The Hall–Kier alpha value is -1.29. The Labute approximate surface area is 106 Å². The number of allylic oxidation sites excluding steroid dienone is 3. The second-order valence-corrected chi connectivity index (χ2v) is 5.16. The van der Waals surface area contributed by atoms with E-state index in [1.54, 1.807) is 11.8 Å². The summed E-state index contributed by atoms with van der Waals surface area (Å²) < 4.78 is 1.97. The fourth-order valence-electron chi connectivity index (χ4n) is 1.68. The van der Waals surface area contributed by atoms with Crippen molar-refractivity contribution in [3.63, 3.8) is 0 Å². The van der Waals surface area contributed by atoms with Crippen LogP contribution in [-0.4, -0.2) is 22.3 Å². The van der Waals surface area contributed by atoms with Crippen LogP contribution in [0, 0.1) is 0 Å². The summed E-state index contributed by atoms with van der Waals surface area (Å²) in [5.74, 6) is 0. The van der Waals surface area contributed by atoms with Gasteiger partial charge in [0.1, 0.15) is 0 Å². The predicted molar refractivity (Wildman–Crippen MR) is 75.1 cm³/mol. The SMILES string of the molecule is CC/C(C)=C1/SC(c2cn(C)cn2)=CC1=NC. The Bertz CT molecular complexity index is 521. The van der Waals surface area contributed by atoms with E-state index in [0.717, 1.165) is 17.8 Å². The standard InChI is InChI=1S/C13H17N3S/c1-5-9(2)13-10(14-3)6-12(17-13)11-7-16(4)8-15-11/h6-8H,5H2,1-4H3/b13-9+,14-10?. The van der Waals surface area contributed by atoms with Crippen LogP contribution >= 0.6 is 11.8 Å². The lowest BCUT2D eigenvalue weighted by molar-refractivity contribution is 0.913. The summed E-state index contributed by atoms with van der Waals surface area (Å²) in [5, 5.41) is 0. The third kappa shape index (κ3) is 2.36. The fourth-order valence-corrected chi connectivity index (χ4v) is 2.85. The van der Waals surface area contributed by atoms with Gasteiger partial charge in [-0.05, 0) is 19.4 Å². The molecule has 0 aromatic carbocycles. The number of nitrogens with zero attached hydrogens (tertiary/aromatic N) is 3. The van der Waals surface area contributed by atoms with Crippen LogP contribution in [0.4, 0.5) is 0 Å². The first-order valence-electron chi connectivity index (χ1n) is 5.70. The average Bonchev–Trinajstić information content (AvgIpc) is 2.93. The van der Waals surface area contributed by atoms with Crippen molar-refractivity contribution in [1.82, 2.24) is 9.55 Å². The molecular weight excluding hydrogens is 230 g/mol. The lowest BCUT2D eigenvalue weighted by atomic mass is 10.1. The Morgan fingerprint density at radius 1 is 1.53 bits per heavy atom. The van der Waals surface area contributed by atoms with Crippen LogP contribution in [0.5, 0.6) is 0 Å². The molecule has 2 rings (SSSR count). The molecule has 2 heterocycles. The zero-order valence-electron chi connectivity index (χ0n) is 10.7. The van der Waals surface area contributed by atoms with Crippen LogP contribution in [0.2, 0.25) is 0 Å². The van der Waals surface area contributed by atoms with Crippen molar-refractivity contribution >= 4 is 22.4 Å². The van der Waals surface area contributed by atoms with E-state index in [1.807, 2.05) is 31.2 Å². The Balaban J connectivity index is 2.36. The zero-order chi connectivity index (χ0) is 12.4. The normalized spacial score (nSPS) is 20.9. The second-order valence-electron chi connectivity index (χ2n) is 4.11. The molecule has 1 aromatic rings. The van der Waals surface area contributed by atoms with Gasteiger partial charge in [0.15, 0.2) is 0 Å². The number of thioether (sulfide) groups is 1. The van der Waals surface area contributed by atoms with Crippen LogP contribution in [0.1, 0.15) is 26.0 Å². The number of hydrogen-bond donors (Lipinski definition) is 0. The van der Waals surface area contributed by atoms with Gasteiger partial charge < -0.3 is 4.57 Å². The smallest absolute Gasteiger partial charge is 0.0951 e. The van der Waals surface area contributed by atoms with Gasteiger partial charge in [0.05, 0.1) is 17.7 Å². The molecule has 1 aliphatic heterocycles. The fraction of sp³-hybridized carbons (Fsp3) is 0.385. The second kappa shape index (κ2) is 4.92. The van der Waals surface area contributed by atoms with E-state index in [-0.39, 0.29) is 0 Å². The third-order valence-electron chi connectivity index (χ3n) is 2.83. The molecule has 1 aliphatic rings. The van der Waals surface area contributed by atoms with Crippen molar-refractivity contribution in [2.75, 3.05) is 7.05 Å². The minimum atomic E-state index is 1.03. The maximum Gasteiger partial charge on any atom is 0.0951 e. The summed E-state index contributed by atoms with van der Waals surface area (Å²) in [6.45, 7) is 4.34. The minimum Gasteiger partial charge on any atom is -0.340 e. The monoisotopic (exact) mass is 247 g/mol. The molecule has 0 unspecified atom stereocenters. The number of rotatable bonds is 2. The van der Waals surface area contributed by atoms with Crippen LogP contribution in [0.15, 0.2) is 34.1 Å². The highest BCUT2D eigenvalue weighted by molar-refractivity contribution is 8.13. The summed E-state index contributed by atoms with van der Waals surface area (Å²) in [4.78, 5) is 11.2. The zero-order valence-corrected chi connectivity index (χ0v) is 11.5. The van der Waals surface area contributed by atoms with E-state index in [2.05, 4.69) is 29.9 Å². The molecule has 17 heavy (non-hydrogen) atoms. The molecule has 0 spiro atoms. The van der Waals surface area contributed by atoms with Crippen molar-refractivity contribution in [1.29, 1.82) is 0 Å². The largest absolute Gasteiger partial charge is 0.340 e.